The van der Waals surface area contributed by atoms with E-state index in [4.69, 9.17) is 6.57 Å². The largest absolute Gasteiger partial charge is 0.361 e. The van der Waals surface area contributed by atoms with Gasteiger partial charge in [-0.25, -0.2) is 0 Å². The number of fused-ring (bicyclic) bond motifs is 7. The van der Waals surface area contributed by atoms with Gasteiger partial charge in [0.2, 0.25) is 0 Å². The average Bonchev–Trinajstić information content (AvgIpc) is 3.47. The Kier molecular flexibility index (Phi) is 6.13. The van der Waals surface area contributed by atoms with E-state index in [2.05, 4.69) is 161 Å². The molecule has 1 aliphatic carbocycles. The molecule has 8 aromatic rings. The molecule has 1 heterocycles. The topological polar surface area (TPSA) is 17.2 Å². The fraction of sp³-hybridized carbons (Fsp3) is 0.0222. The Morgan fingerprint density at radius 1 is 0.468 bits per heavy atom. The fourth-order valence-corrected chi connectivity index (χ4v) is 7.87. The number of hydrogen-bond acceptors (Lipinski definition) is 1. The zero-order chi connectivity index (χ0) is 31.4. The maximum atomic E-state index is 7.49. The Hall–Kier alpha value is -6.30. The van der Waals surface area contributed by atoms with Crippen molar-refractivity contribution in [2.24, 2.45) is 0 Å². The summed E-state index contributed by atoms with van der Waals surface area (Å²) >= 11 is 0. The van der Waals surface area contributed by atoms with Crippen molar-refractivity contribution in [3.8, 4) is 33.4 Å². The summed E-state index contributed by atoms with van der Waals surface area (Å²) in [7, 11) is 0. The smallest absolute Gasteiger partial charge is 0.270 e. The Morgan fingerprint density at radius 3 is 1.83 bits per heavy atom. The highest BCUT2D eigenvalue weighted by atomic mass is 14.8. The van der Waals surface area contributed by atoms with Crippen LogP contribution >= 0.6 is 0 Å². The van der Waals surface area contributed by atoms with E-state index in [1.165, 1.54) is 60.5 Å². The van der Waals surface area contributed by atoms with Crippen LogP contribution in [0.2, 0.25) is 0 Å². The second-order valence-corrected chi connectivity index (χ2v) is 12.2. The standard InChI is InChI=1S/C45H28N2/c1-46-42-28-32(25-26-47-42)31-14-12-15-33(27-31)39-29-41-44(38-22-11-10-21-37(38)39)43-36-20-9-8-13-30(36)23-24-40(43)45(41,34-16-4-2-5-17-34)35-18-6-3-7-19-35/h2-29H. The van der Waals surface area contributed by atoms with Crippen LogP contribution in [0.1, 0.15) is 22.3 Å². The van der Waals surface area contributed by atoms with Crippen molar-refractivity contribution in [2.75, 3.05) is 0 Å². The number of benzene rings is 7. The van der Waals surface area contributed by atoms with Gasteiger partial charge in [-0.3, -0.25) is 0 Å². The summed E-state index contributed by atoms with van der Waals surface area (Å²) in [5, 5.41) is 4.98. The van der Waals surface area contributed by atoms with Gasteiger partial charge in [-0.2, -0.15) is 0 Å². The molecule has 1 aromatic heterocycles. The first-order valence-electron chi connectivity index (χ1n) is 15.9. The van der Waals surface area contributed by atoms with Crippen LogP contribution < -0.4 is 0 Å². The SMILES string of the molecule is [C-]#[N+]c1cc(-c2cccc(-c3cc4c(c5ccccc35)-c3c(ccc5ccccc35)C4(c3ccccc3)c3ccccc3)c2)ccn1. The van der Waals surface area contributed by atoms with E-state index in [0.29, 0.717) is 5.82 Å². The molecule has 0 N–H and O–H groups in total. The predicted molar refractivity (Wildman–Crippen MR) is 194 cm³/mol. The van der Waals surface area contributed by atoms with E-state index in [9.17, 15) is 0 Å². The highest BCUT2D eigenvalue weighted by Gasteiger charge is 2.47. The highest BCUT2D eigenvalue weighted by molar-refractivity contribution is 6.15. The molecule has 0 saturated carbocycles. The average molecular weight is 597 g/mol. The van der Waals surface area contributed by atoms with Crippen molar-refractivity contribution in [1.82, 2.24) is 4.98 Å². The van der Waals surface area contributed by atoms with Crippen molar-refractivity contribution in [3.05, 3.63) is 204 Å². The number of hydrogen-bond donors (Lipinski definition) is 0. The predicted octanol–water partition coefficient (Wildman–Crippen LogP) is 11.6. The lowest BCUT2D eigenvalue weighted by Gasteiger charge is -2.34. The second-order valence-electron chi connectivity index (χ2n) is 12.2. The molecule has 0 spiro atoms. The molecule has 0 saturated heterocycles. The quantitative estimate of drug-likeness (QED) is 0.185. The zero-order valence-corrected chi connectivity index (χ0v) is 25.6. The Bertz CT molecular complexity index is 2480. The van der Waals surface area contributed by atoms with Crippen LogP contribution in [0.3, 0.4) is 0 Å². The monoisotopic (exact) mass is 596 g/mol. The molecule has 0 bridgehead atoms. The minimum absolute atomic E-state index is 0.399. The summed E-state index contributed by atoms with van der Waals surface area (Å²) < 4.78 is 0. The van der Waals surface area contributed by atoms with Gasteiger partial charge < -0.3 is 4.85 Å². The van der Waals surface area contributed by atoms with Crippen LogP contribution in [0.25, 0.3) is 59.8 Å². The first-order valence-corrected chi connectivity index (χ1v) is 15.9. The van der Waals surface area contributed by atoms with E-state index >= 15 is 0 Å². The molecule has 0 atom stereocenters. The zero-order valence-electron chi connectivity index (χ0n) is 25.6. The Balaban J connectivity index is 1.43. The van der Waals surface area contributed by atoms with Gasteiger partial charge >= 0.3 is 0 Å². The van der Waals surface area contributed by atoms with E-state index in [-0.39, 0.29) is 0 Å². The molecule has 0 aliphatic heterocycles. The molecular formula is C45H28N2. The van der Waals surface area contributed by atoms with Crippen molar-refractivity contribution >= 4 is 27.4 Å². The van der Waals surface area contributed by atoms with Gasteiger partial charge in [0.15, 0.2) is 0 Å². The molecule has 0 unspecified atom stereocenters. The summed E-state index contributed by atoms with van der Waals surface area (Å²) in [6.07, 6.45) is 1.72. The summed E-state index contributed by atoms with van der Waals surface area (Å²) in [4.78, 5) is 7.78. The first kappa shape index (κ1) is 27.0. The number of pyridine rings is 1. The van der Waals surface area contributed by atoms with Crippen LogP contribution in [-0.4, -0.2) is 4.98 Å². The summed E-state index contributed by atoms with van der Waals surface area (Å²) in [5.74, 6) is 0.399. The minimum atomic E-state index is -0.525. The third-order valence-electron chi connectivity index (χ3n) is 9.81. The lowest BCUT2D eigenvalue weighted by Crippen LogP contribution is -2.28. The van der Waals surface area contributed by atoms with Crippen molar-refractivity contribution in [1.29, 1.82) is 0 Å². The van der Waals surface area contributed by atoms with E-state index in [0.717, 1.165) is 16.7 Å². The Morgan fingerprint density at radius 2 is 1.09 bits per heavy atom. The molecule has 0 radical (unpaired) electrons. The number of aromatic nitrogens is 1. The van der Waals surface area contributed by atoms with Gasteiger partial charge in [0.05, 0.1) is 5.41 Å². The molecule has 218 valence electrons. The van der Waals surface area contributed by atoms with Gasteiger partial charge in [-0.05, 0) is 101 Å². The third kappa shape index (κ3) is 4.00. The molecule has 2 nitrogen and oxygen atoms in total. The number of rotatable bonds is 4. The molecule has 47 heavy (non-hydrogen) atoms. The van der Waals surface area contributed by atoms with Gasteiger partial charge in [-0.1, -0.05) is 146 Å². The molecule has 9 rings (SSSR count). The van der Waals surface area contributed by atoms with Crippen LogP contribution in [0.15, 0.2) is 170 Å². The maximum absolute atomic E-state index is 7.49. The van der Waals surface area contributed by atoms with E-state index in [1.54, 1.807) is 6.20 Å². The first-order chi connectivity index (χ1) is 23.3. The summed E-state index contributed by atoms with van der Waals surface area (Å²) in [6.45, 7) is 7.49. The molecule has 0 fully saturated rings. The maximum Gasteiger partial charge on any atom is 0.270 e. The van der Waals surface area contributed by atoms with Crippen LogP contribution in [0.4, 0.5) is 5.82 Å². The third-order valence-corrected chi connectivity index (χ3v) is 9.81. The van der Waals surface area contributed by atoms with Crippen molar-refractivity contribution in [3.63, 3.8) is 0 Å². The highest BCUT2D eigenvalue weighted by Crippen LogP contribution is 2.60. The van der Waals surface area contributed by atoms with Crippen molar-refractivity contribution in [2.45, 2.75) is 5.41 Å². The van der Waals surface area contributed by atoms with Gasteiger partial charge in [-0.15, -0.1) is 4.98 Å². The molecule has 2 heteroatoms. The molecule has 0 amide bonds. The van der Waals surface area contributed by atoms with Crippen LogP contribution in [-0.2, 0) is 5.41 Å². The second kappa shape index (κ2) is 10.7. The summed E-state index contributed by atoms with van der Waals surface area (Å²) in [5.41, 5.74) is 11.6. The lowest BCUT2D eigenvalue weighted by atomic mass is 9.67. The van der Waals surface area contributed by atoms with Crippen LogP contribution in [0.5, 0.6) is 0 Å². The molecule has 7 aromatic carbocycles. The number of nitrogens with zero attached hydrogens (tertiary/aromatic N) is 2. The van der Waals surface area contributed by atoms with Gasteiger partial charge in [0, 0.05) is 0 Å². The van der Waals surface area contributed by atoms with E-state index < -0.39 is 5.41 Å². The minimum Gasteiger partial charge on any atom is -0.361 e. The normalized spacial score (nSPS) is 12.8. The Labute approximate surface area is 274 Å². The van der Waals surface area contributed by atoms with Gasteiger partial charge in [0.1, 0.15) is 6.20 Å². The summed E-state index contributed by atoms with van der Waals surface area (Å²) in [6, 6.07) is 59.3. The van der Waals surface area contributed by atoms with Crippen LogP contribution in [0, 0.1) is 6.57 Å². The lowest BCUT2D eigenvalue weighted by molar-refractivity contribution is 0.770. The molecule has 1 aliphatic rings. The van der Waals surface area contributed by atoms with Crippen molar-refractivity contribution < 1.29 is 0 Å². The fourth-order valence-electron chi connectivity index (χ4n) is 7.87. The van der Waals surface area contributed by atoms with Gasteiger partial charge in [0.25, 0.3) is 5.82 Å². The molecular weight excluding hydrogens is 569 g/mol. The van der Waals surface area contributed by atoms with E-state index in [1.807, 2.05) is 12.1 Å².